The molecule has 1 heterocycles. The lowest BCUT2D eigenvalue weighted by Crippen LogP contribution is -2.41. The quantitative estimate of drug-likeness (QED) is 0.757. The predicted octanol–water partition coefficient (Wildman–Crippen LogP) is 3.36. The van der Waals surface area contributed by atoms with Crippen LogP contribution in [0.2, 0.25) is 0 Å². The van der Waals surface area contributed by atoms with Crippen molar-refractivity contribution in [2.75, 3.05) is 5.32 Å². The molecule has 1 atom stereocenters. The first-order chi connectivity index (χ1) is 13.5. The first-order valence-corrected chi connectivity index (χ1v) is 9.77. The third-order valence-corrected chi connectivity index (χ3v) is 5.71. The van der Waals surface area contributed by atoms with E-state index in [-0.39, 0.29) is 5.56 Å². The molecule has 0 saturated carbocycles. The Balaban J connectivity index is 1.78. The molecule has 3 rings (SSSR count). The van der Waals surface area contributed by atoms with E-state index in [1.165, 1.54) is 18.2 Å². The summed E-state index contributed by atoms with van der Waals surface area (Å²) in [5.74, 6) is -1.13. The van der Waals surface area contributed by atoms with Gasteiger partial charge >= 0.3 is 7.12 Å². The van der Waals surface area contributed by atoms with Gasteiger partial charge in [0.2, 0.25) is 0 Å². The molecular weight excluding hydrogens is 372 g/mol. The van der Waals surface area contributed by atoms with Crippen LogP contribution >= 0.6 is 0 Å². The Morgan fingerprint density at radius 1 is 1.14 bits per heavy atom. The Bertz CT molecular complexity index is 899. The summed E-state index contributed by atoms with van der Waals surface area (Å²) in [6.07, 6.45) is -0.742. The maximum Gasteiger partial charge on any atom is 0.495 e. The molecule has 1 unspecified atom stereocenters. The van der Waals surface area contributed by atoms with Gasteiger partial charge < -0.3 is 19.7 Å². The number of rotatable bonds is 5. The minimum absolute atomic E-state index is 0.201. The van der Waals surface area contributed by atoms with Gasteiger partial charge in [-0.15, -0.1) is 0 Å². The van der Waals surface area contributed by atoms with Crippen molar-refractivity contribution in [1.82, 2.24) is 0 Å². The molecule has 0 aromatic heterocycles. The molecule has 5 nitrogen and oxygen atoms in total. The lowest BCUT2D eigenvalue weighted by molar-refractivity contribution is -0.124. The van der Waals surface area contributed by atoms with Gasteiger partial charge in [0.15, 0.2) is 6.10 Å². The molecule has 1 aliphatic rings. The van der Waals surface area contributed by atoms with E-state index in [9.17, 15) is 14.3 Å². The number of carbonyl (C=O) groups is 1. The Morgan fingerprint density at radius 3 is 2.38 bits per heavy atom. The minimum atomic E-state index is -1.46. The number of aliphatic hydroxyl groups is 1. The van der Waals surface area contributed by atoms with E-state index >= 15 is 0 Å². The van der Waals surface area contributed by atoms with E-state index < -0.39 is 36.1 Å². The Kier molecular flexibility index (Phi) is 5.85. The van der Waals surface area contributed by atoms with Crippen LogP contribution in [-0.4, -0.2) is 29.3 Å². The molecule has 2 aromatic carbocycles. The van der Waals surface area contributed by atoms with Crippen molar-refractivity contribution in [3.63, 3.8) is 0 Å². The van der Waals surface area contributed by atoms with E-state index in [1.807, 2.05) is 46.8 Å². The molecule has 29 heavy (non-hydrogen) atoms. The second-order valence-corrected chi connectivity index (χ2v) is 8.30. The highest BCUT2D eigenvalue weighted by molar-refractivity contribution is 6.62. The third-order valence-electron chi connectivity index (χ3n) is 5.71. The van der Waals surface area contributed by atoms with E-state index in [1.54, 1.807) is 6.07 Å². The predicted molar refractivity (Wildman–Crippen MR) is 112 cm³/mol. The van der Waals surface area contributed by atoms with Crippen LogP contribution in [0.15, 0.2) is 42.5 Å². The summed E-state index contributed by atoms with van der Waals surface area (Å²) in [7, 11) is -0.488. The van der Waals surface area contributed by atoms with Gasteiger partial charge in [-0.3, -0.25) is 4.79 Å². The van der Waals surface area contributed by atoms with Crippen molar-refractivity contribution < 1.29 is 23.6 Å². The van der Waals surface area contributed by atoms with Crippen LogP contribution in [0.3, 0.4) is 0 Å². The van der Waals surface area contributed by atoms with Gasteiger partial charge in [-0.1, -0.05) is 25.1 Å². The number of hydrogen-bond acceptors (Lipinski definition) is 4. The van der Waals surface area contributed by atoms with Crippen molar-refractivity contribution in [3.8, 4) is 0 Å². The highest BCUT2D eigenvalue weighted by Crippen LogP contribution is 2.36. The van der Waals surface area contributed by atoms with Crippen molar-refractivity contribution >= 4 is 24.2 Å². The summed E-state index contributed by atoms with van der Waals surface area (Å²) in [6, 6.07) is 10.8. The van der Waals surface area contributed by atoms with Crippen LogP contribution in [0.25, 0.3) is 0 Å². The summed E-state index contributed by atoms with van der Waals surface area (Å²) in [5.41, 5.74) is 1.75. The second kappa shape index (κ2) is 7.90. The highest BCUT2D eigenvalue weighted by Gasteiger charge is 2.52. The monoisotopic (exact) mass is 399 g/mol. The minimum Gasteiger partial charge on any atom is -0.399 e. The smallest absolute Gasteiger partial charge is 0.399 e. The van der Waals surface area contributed by atoms with Crippen molar-refractivity contribution in [2.45, 2.75) is 58.3 Å². The van der Waals surface area contributed by atoms with Crippen LogP contribution in [-0.2, 0) is 20.5 Å². The van der Waals surface area contributed by atoms with Gasteiger partial charge in [0.25, 0.3) is 5.91 Å². The molecule has 1 fully saturated rings. The molecule has 0 radical (unpaired) electrons. The number of carbonyl (C=O) groups excluding carboxylic acids is 1. The summed E-state index contributed by atoms with van der Waals surface area (Å²) >= 11 is 0. The molecule has 0 spiro atoms. The maximum atomic E-state index is 13.4. The summed E-state index contributed by atoms with van der Waals surface area (Å²) in [4.78, 5) is 12.4. The van der Waals surface area contributed by atoms with Gasteiger partial charge in [0.1, 0.15) is 5.82 Å². The highest BCUT2D eigenvalue weighted by atomic mass is 19.1. The fourth-order valence-electron chi connectivity index (χ4n) is 3.23. The maximum absolute atomic E-state index is 13.4. The lowest BCUT2D eigenvalue weighted by atomic mass is 9.75. The first kappa shape index (κ1) is 21.5. The van der Waals surface area contributed by atoms with Gasteiger partial charge in [0, 0.05) is 5.69 Å². The molecule has 0 aliphatic carbocycles. The van der Waals surface area contributed by atoms with Gasteiger partial charge in [-0.05, 0) is 75.0 Å². The molecule has 0 bridgehead atoms. The zero-order valence-corrected chi connectivity index (χ0v) is 17.5. The van der Waals surface area contributed by atoms with E-state index in [0.717, 1.165) is 23.5 Å². The number of hydrogen-bond donors (Lipinski definition) is 2. The fourth-order valence-corrected chi connectivity index (χ4v) is 3.23. The van der Waals surface area contributed by atoms with Crippen LogP contribution in [0, 0.1) is 5.82 Å². The van der Waals surface area contributed by atoms with Crippen LogP contribution in [0.1, 0.15) is 51.8 Å². The van der Waals surface area contributed by atoms with Crippen LogP contribution in [0.4, 0.5) is 10.1 Å². The molecule has 2 N–H and O–H groups in total. The first-order valence-electron chi connectivity index (χ1n) is 9.77. The van der Waals surface area contributed by atoms with Crippen LogP contribution in [0.5, 0.6) is 0 Å². The largest absolute Gasteiger partial charge is 0.495 e. The fraction of sp³-hybridized carbons (Fsp3) is 0.409. The molecular formula is C22H27BFNO4. The van der Waals surface area contributed by atoms with E-state index in [4.69, 9.17) is 9.31 Å². The molecule has 1 amide bonds. The second-order valence-electron chi connectivity index (χ2n) is 8.30. The van der Waals surface area contributed by atoms with E-state index in [2.05, 4.69) is 5.32 Å². The molecule has 2 aromatic rings. The van der Waals surface area contributed by atoms with Crippen molar-refractivity contribution in [2.24, 2.45) is 0 Å². The third kappa shape index (κ3) is 4.37. The normalized spacial score (nSPS) is 18.5. The SMILES string of the molecule is CCc1cc(NC(=O)C(O)c2cccc(F)c2)ccc1B1OC(C)(C)C(C)(C)O1. The average Bonchev–Trinajstić information content (AvgIpc) is 2.88. The molecule has 1 saturated heterocycles. The number of nitrogens with one attached hydrogen (secondary N) is 1. The summed E-state index contributed by atoms with van der Waals surface area (Å²) in [5, 5.41) is 12.9. The number of halogens is 1. The zero-order chi connectivity index (χ0) is 21.4. The number of aryl methyl sites for hydroxylation is 1. The number of anilines is 1. The van der Waals surface area contributed by atoms with E-state index in [0.29, 0.717) is 5.69 Å². The Morgan fingerprint density at radius 2 is 1.79 bits per heavy atom. The topological polar surface area (TPSA) is 67.8 Å². The summed E-state index contributed by atoms with van der Waals surface area (Å²) < 4.78 is 25.6. The van der Waals surface area contributed by atoms with Crippen LogP contribution < -0.4 is 10.8 Å². The number of aliphatic hydroxyl groups excluding tert-OH is 1. The molecule has 154 valence electrons. The summed E-state index contributed by atoms with van der Waals surface area (Å²) in [6.45, 7) is 10.0. The Hall–Kier alpha value is -2.22. The number of benzene rings is 2. The average molecular weight is 399 g/mol. The number of amides is 1. The van der Waals surface area contributed by atoms with Gasteiger partial charge in [0.05, 0.1) is 11.2 Å². The molecule has 1 aliphatic heterocycles. The zero-order valence-electron chi connectivity index (χ0n) is 17.5. The lowest BCUT2D eigenvalue weighted by Gasteiger charge is -2.32. The Labute approximate surface area is 171 Å². The van der Waals surface area contributed by atoms with Gasteiger partial charge in [-0.2, -0.15) is 0 Å². The molecule has 7 heteroatoms. The standard InChI is InChI=1S/C22H27BFNO4/c1-6-14-13-17(25-20(27)19(26)15-8-7-9-16(24)12-15)10-11-18(14)23-28-21(2,3)22(4,5)29-23/h7-13,19,26H,6H2,1-5H3,(H,25,27). The van der Waals surface area contributed by atoms with Crippen molar-refractivity contribution in [3.05, 3.63) is 59.4 Å². The van der Waals surface area contributed by atoms with Crippen molar-refractivity contribution in [1.29, 1.82) is 0 Å². The van der Waals surface area contributed by atoms with Gasteiger partial charge in [-0.25, -0.2) is 4.39 Å².